The molecule has 0 spiro atoms. The van der Waals surface area contributed by atoms with E-state index >= 15 is 0 Å². The van der Waals surface area contributed by atoms with Gasteiger partial charge in [-0.1, -0.05) is 17.7 Å². The molecule has 9 heteroatoms. The summed E-state index contributed by atoms with van der Waals surface area (Å²) in [7, 11) is -3.90. The molecule has 0 saturated carbocycles. The summed E-state index contributed by atoms with van der Waals surface area (Å²) in [4.78, 5) is 16.0. The Morgan fingerprint density at radius 1 is 1.35 bits per heavy atom. The third kappa shape index (κ3) is 5.42. The van der Waals surface area contributed by atoms with E-state index in [2.05, 4.69) is 15.0 Å². The summed E-state index contributed by atoms with van der Waals surface area (Å²) in [5.41, 5.74) is 0.814. The van der Waals surface area contributed by atoms with E-state index in [0.717, 1.165) is 5.56 Å². The Bertz CT molecular complexity index is 860. The second-order valence-corrected chi connectivity index (χ2v) is 7.57. The lowest BCUT2D eigenvalue weighted by atomic mass is 10.2. The van der Waals surface area contributed by atoms with Crippen LogP contribution < -0.4 is 14.8 Å². The van der Waals surface area contributed by atoms with Crippen LogP contribution in [0.3, 0.4) is 0 Å². The average molecular weight is 398 g/mol. The SMILES string of the molecule is CCOc1ccc(S(=O)(=O)N[C@H](C)C(=O)NCc2cccnc2)cc1Cl. The highest BCUT2D eigenvalue weighted by molar-refractivity contribution is 7.89. The van der Waals surface area contributed by atoms with Gasteiger partial charge in [-0.15, -0.1) is 0 Å². The van der Waals surface area contributed by atoms with Crippen molar-refractivity contribution >= 4 is 27.5 Å². The Hall–Kier alpha value is -2.16. The predicted molar refractivity (Wildman–Crippen MR) is 98.5 cm³/mol. The Morgan fingerprint density at radius 2 is 2.12 bits per heavy atom. The van der Waals surface area contributed by atoms with E-state index in [1.165, 1.54) is 25.1 Å². The molecule has 0 bridgehead atoms. The van der Waals surface area contributed by atoms with Gasteiger partial charge in [0.2, 0.25) is 15.9 Å². The molecule has 1 aromatic carbocycles. The second-order valence-electron chi connectivity index (χ2n) is 5.45. The summed E-state index contributed by atoms with van der Waals surface area (Å²) in [5, 5.41) is 2.84. The fraction of sp³-hybridized carbons (Fsp3) is 0.294. The monoisotopic (exact) mass is 397 g/mol. The average Bonchev–Trinajstić information content (AvgIpc) is 2.62. The number of carbonyl (C=O) groups excluding carboxylic acids is 1. The minimum Gasteiger partial charge on any atom is -0.492 e. The van der Waals surface area contributed by atoms with Crippen LogP contribution in [0.1, 0.15) is 19.4 Å². The number of amides is 1. The summed E-state index contributed by atoms with van der Waals surface area (Å²) < 4.78 is 32.5. The van der Waals surface area contributed by atoms with Crippen molar-refractivity contribution in [1.82, 2.24) is 15.0 Å². The van der Waals surface area contributed by atoms with Gasteiger partial charge < -0.3 is 10.1 Å². The fourth-order valence-electron chi connectivity index (χ4n) is 2.12. The minimum atomic E-state index is -3.90. The third-order valence-corrected chi connectivity index (χ3v) is 5.26. The van der Waals surface area contributed by atoms with Crippen molar-refractivity contribution in [3.8, 4) is 5.75 Å². The van der Waals surface area contributed by atoms with Crippen LogP contribution in [0.15, 0.2) is 47.6 Å². The number of aromatic nitrogens is 1. The van der Waals surface area contributed by atoms with Gasteiger partial charge in [0.1, 0.15) is 5.75 Å². The van der Waals surface area contributed by atoms with Crippen LogP contribution in [0.2, 0.25) is 5.02 Å². The van der Waals surface area contributed by atoms with Crippen LogP contribution in [0, 0.1) is 0 Å². The standard InChI is InChI=1S/C17H20ClN3O4S/c1-3-25-16-7-6-14(9-15(16)18)26(23,24)21-12(2)17(22)20-11-13-5-4-8-19-10-13/h4-10,12,21H,3,11H2,1-2H3,(H,20,22)/t12-/m1/s1. The van der Waals surface area contributed by atoms with Crippen molar-refractivity contribution in [2.75, 3.05) is 6.61 Å². The van der Waals surface area contributed by atoms with Crippen molar-refractivity contribution in [1.29, 1.82) is 0 Å². The lowest BCUT2D eigenvalue weighted by Crippen LogP contribution is -2.44. The molecule has 0 aliphatic carbocycles. The highest BCUT2D eigenvalue weighted by Gasteiger charge is 2.22. The molecule has 0 fully saturated rings. The topological polar surface area (TPSA) is 97.4 Å². The quantitative estimate of drug-likeness (QED) is 0.711. The second kappa shape index (κ2) is 8.98. The molecule has 2 N–H and O–H groups in total. The number of sulfonamides is 1. The maximum Gasteiger partial charge on any atom is 0.241 e. The van der Waals surface area contributed by atoms with E-state index in [1.807, 2.05) is 6.07 Å². The van der Waals surface area contributed by atoms with Crippen LogP contribution in [0.4, 0.5) is 0 Å². The molecule has 2 rings (SSSR count). The smallest absolute Gasteiger partial charge is 0.241 e. The van der Waals surface area contributed by atoms with Crippen molar-refractivity contribution in [2.24, 2.45) is 0 Å². The Labute approximate surface area is 157 Å². The number of benzene rings is 1. The Morgan fingerprint density at radius 3 is 2.73 bits per heavy atom. The first-order chi connectivity index (χ1) is 12.3. The Kier molecular flexibility index (Phi) is 6.96. The molecular weight excluding hydrogens is 378 g/mol. The molecule has 1 heterocycles. The third-order valence-electron chi connectivity index (χ3n) is 3.43. The molecule has 0 aliphatic rings. The lowest BCUT2D eigenvalue weighted by Gasteiger charge is -2.15. The van der Waals surface area contributed by atoms with Crippen molar-refractivity contribution in [3.05, 3.63) is 53.3 Å². The summed E-state index contributed by atoms with van der Waals surface area (Å²) in [5.74, 6) is -0.0511. The maximum absolute atomic E-state index is 12.4. The highest BCUT2D eigenvalue weighted by atomic mass is 35.5. The van der Waals surface area contributed by atoms with E-state index in [9.17, 15) is 13.2 Å². The van der Waals surface area contributed by atoms with Gasteiger partial charge in [-0.2, -0.15) is 4.72 Å². The van der Waals surface area contributed by atoms with Crippen LogP contribution in [-0.2, 0) is 21.4 Å². The lowest BCUT2D eigenvalue weighted by molar-refractivity contribution is -0.122. The van der Waals surface area contributed by atoms with Crippen molar-refractivity contribution in [2.45, 2.75) is 31.3 Å². The Balaban J connectivity index is 2.01. The van der Waals surface area contributed by atoms with Crippen LogP contribution in [0.5, 0.6) is 5.75 Å². The number of pyridine rings is 1. The first-order valence-corrected chi connectivity index (χ1v) is 9.81. The molecule has 140 valence electrons. The van der Waals surface area contributed by atoms with Gasteiger partial charge >= 0.3 is 0 Å². The first kappa shape index (κ1) is 20.2. The number of rotatable bonds is 8. The highest BCUT2D eigenvalue weighted by Crippen LogP contribution is 2.27. The van der Waals surface area contributed by atoms with E-state index in [4.69, 9.17) is 16.3 Å². The zero-order valence-electron chi connectivity index (χ0n) is 14.4. The van der Waals surface area contributed by atoms with Crippen molar-refractivity contribution < 1.29 is 17.9 Å². The van der Waals surface area contributed by atoms with Gasteiger partial charge in [0.15, 0.2) is 0 Å². The fourth-order valence-corrected chi connectivity index (χ4v) is 3.65. The van der Waals surface area contributed by atoms with Gasteiger partial charge in [-0.3, -0.25) is 9.78 Å². The largest absolute Gasteiger partial charge is 0.492 e. The van der Waals surface area contributed by atoms with E-state index in [0.29, 0.717) is 12.4 Å². The molecule has 7 nitrogen and oxygen atoms in total. The van der Waals surface area contributed by atoms with Gasteiger partial charge in [0.05, 0.1) is 22.6 Å². The number of halogens is 1. The summed E-state index contributed by atoms with van der Waals surface area (Å²) in [6.07, 6.45) is 3.25. The van der Waals surface area contributed by atoms with Gasteiger partial charge in [-0.25, -0.2) is 8.42 Å². The number of ether oxygens (including phenoxy) is 1. The van der Waals surface area contributed by atoms with Crippen molar-refractivity contribution in [3.63, 3.8) is 0 Å². The van der Waals surface area contributed by atoms with Crippen LogP contribution in [0.25, 0.3) is 0 Å². The molecule has 0 radical (unpaired) electrons. The van der Waals surface area contributed by atoms with E-state index < -0.39 is 22.0 Å². The molecule has 0 saturated heterocycles. The molecule has 0 unspecified atom stereocenters. The summed E-state index contributed by atoms with van der Waals surface area (Å²) in [6, 6.07) is 6.75. The number of carbonyl (C=O) groups is 1. The zero-order valence-corrected chi connectivity index (χ0v) is 16.0. The number of nitrogens with one attached hydrogen (secondary N) is 2. The molecule has 1 amide bonds. The summed E-state index contributed by atoms with van der Waals surface area (Å²) in [6.45, 7) is 3.94. The normalized spacial score (nSPS) is 12.4. The molecule has 0 aliphatic heterocycles. The molecule has 1 atom stereocenters. The molecular formula is C17H20ClN3O4S. The van der Waals surface area contributed by atoms with E-state index in [-0.39, 0.29) is 16.5 Å². The van der Waals surface area contributed by atoms with Gasteiger partial charge in [0.25, 0.3) is 0 Å². The minimum absolute atomic E-state index is 0.0436. The molecule has 1 aromatic heterocycles. The first-order valence-electron chi connectivity index (χ1n) is 7.94. The molecule has 2 aromatic rings. The molecule has 26 heavy (non-hydrogen) atoms. The number of hydrogen-bond acceptors (Lipinski definition) is 5. The zero-order chi connectivity index (χ0) is 19.2. The van der Waals surface area contributed by atoms with Gasteiger partial charge in [-0.05, 0) is 43.7 Å². The van der Waals surface area contributed by atoms with E-state index in [1.54, 1.807) is 25.4 Å². The predicted octanol–water partition coefficient (Wildman–Crippen LogP) is 2.12. The summed E-state index contributed by atoms with van der Waals surface area (Å²) >= 11 is 6.03. The van der Waals surface area contributed by atoms with Crippen LogP contribution >= 0.6 is 11.6 Å². The number of hydrogen-bond donors (Lipinski definition) is 2. The van der Waals surface area contributed by atoms with Crippen LogP contribution in [-0.4, -0.2) is 32.0 Å². The number of nitrogens with zero attached hydrogens (tertiary/aromatic N) is 1. The maximum atomic E-state index is 12.4. The van der Waals surface area contributed by atoms with Gasteiger partial charge in [0, 0.05) is 18.9 Å².